The van der Waals surface area contributed by atoms with Gasteiger partial charge in [0.2, 0.25) is 0 Å². The fourth-order valence-corrected chi connectivity index (χ4v) is 1.84. The zero-order valence-electron chi connectivity index (χ0n) is 8.87. The highest BCUT2D eigenvalue weighted by atomic mass is 79.9. The van der Waals surface area contributed by atoms with Crippen LogP contribution >= 0.6 is 15.9 Å². The maximum Gasteiger partial charge on any atom is 0.197 e. The Labute approximate surface area is 105 Å². The van der Waals surface area contributed by atoms with Gasteiger partial charge in [0.25, 0.3) is 0 Å². The normalized spacial score (nSPS) is 10.3. The Kier molecular flexibility index (Phi) is 3.28. The molecule has 88 valence electrons. The summed E-state index contributed by atoms with van der Waals surface area (Å²) in [4.78, 5) is 12.0. The molecule has 0 saturated heterocycles. The van der Waals surface area contributed by atoms with Crippen LogP contribution in [0.5, 0.6) is 5.75 Å². The predicted octanol–water partition coefficient (Wildman–Crippen LogP) is 3.42. The summed E-state index contributed by atoms with van der Waals surface area (Å²) in [6, 6.07) is 5.58. The molecule has 5 heteroatoms. The van der Waals surface area contributed by atoms with Gasteiger partial charge in [-0.05, 0) is 40.2 Å². The van der Waals surface area contributed by atoms with Crippen molar-refractivity contribution < 1.29 is 18.3 Å². The van der Waals surface area contributed by atoms with Crippen LogP contribution in [-0.2, 0) is 0 Å². The van der Waals surface area contributed by atoms with Gasteiger partial charge in [0.15, 0.2) is 22.0 Å². The van der Waals surface area contributed by atoms with Crippen LogP contribution in [0.1, 0.15) is 15.9 Å². The monoisotopic (exact) mass is 298 g/mol. The Hall–Kier alpha value is -1.62. The van der Waals surface area contributed by atoms with Gasteiger partial charge < -0.3 is 9.15 Å². The van der Waals surface area contributed by atoms with E-state index in [0.29, 0.717) is 10.2 Å². The van der Waals surface area contributed by atoms with E-state index in [4.69, 9.17) is 9.15 Å². The number of carbonyl (C=O) groups is 1. The highest BCUT2D eigenvalue weighted by molar-refractivity contribution is 9.10. The minimum absolute atomic E-state index is 0.104. The lowest BCUT2D eigenvalue weighted by Crippen LogP contribution is -2.01. The number of hydrogen-bond acceptors (Lipinski definition) is 3. The SMILES string of the molecule is COc1ccc(C(=O)c2ccoc2Br)cc1F. The van der Waals surface area contributed by atoms with Crippen molar-refractivity contribution in [3.8, 4) is 5.75 Å². The van der Waals surface area contributed by atoms with Crippen LogP contribution in [0.2, 0.25) is 0 Å². The lowest BCUT2D eigenvalue weighted by molar-refractivity contribution is 0.103. The second-order valence-electron chi connectivity index (χ2n) is 3.29. The van der Waals surface area contributed by atoms with Crippen LogP contribution in [0.15, 0.2) is 39.6 Å². The van der Waals surface area contributed by atoms with Crippen molar-refractivity contribution in [2.45, 2.75) is 0 Å². The van der Waals surface area contributed by atoms with E-state index < -0.39 is 5.82 Å². The summed E-state index contributed by atoms with van der Waals surface area (Å²) in [5.74, 6) is -0.780. The Morgan fingerprint density at radius 3 is 2.71 bits per heavy atom. The summed E-state index contributed by atoms with van der Waals surface area (Å²) in [5, 5.41) is 0. The van der Waals surface area contributed by atoms with Crippen LogP contribution in [0, 0.1) is 5.82 Å². The summed E-state index contributed by atoms with van der Waals surface area (Å²) in [6.07, 6.45) is 1.39. The molecule has 0 amide bonds. The first kappa shape index (κ1) is 11.9. The first-order valence-electron chi connectivity index (χ1n) is 4.74. The number of hydrogen-bond donors (Lipinski definition) is 0. The highest BCUT2D eigenvalue weighted by Gasteiger charge is 2.16. The van der Waals surface area contributed by atoms with Crippen molar-refractivity contribution >= 4 is 21.7 Å². The number of furan rings is 1. The molecule has 0 saturated carbocycles. The molecule has 0 atom stereocenters. The van der Waals surface area contributed by atoms with Gasteiger partial charge in [-0.2, -0.15) is 0 Å². The highest BCUT2D eigenvalue weighted by Crippen LogP contribution is 2.23. The summed E-state index contributed by atoms with van der Waals surface area (Å²) >= 11 is 3.10. The Morgan fingerprint density at radius 2 is 2.18 bits per heavy atom. The number of carbonyl (C=O) groups excluding carboxylic acids is 1. The van der Waals surface area contributed by atoms with Crippen molar-refractivity contribution in [1.29, 1.82) is 0 Å². The molecule has 0 radical (unpaired) electrons. The van der Waals surface area contributed by atoms with Crippen molar-refractivity contribution in [3.05, 3.63) is 52.1 Å². The van der Waals surface area contributed by atoms with Crippen LogP contribution in [-0.4, -0.2) is 12.9 Å². The molecule has 1 aromatic heterocycles. The molecule has 2 aromatic rings. The van der Waals surface area contributed by atoms with Crippen molar-refractivity contribution in [3.63, 3.8) is 0 Å². The molecule has 0 spiro atoms. The quantitative estimate of drug-likeness (QED) is 0.815. The molecule has 0 unspecified atom stereocenters. The van der Waals surface area contributed by atoms with E-state index in [9.17, 15) is 9.18 Å². The van der Waals surface area contributed by atoms with Crippen molar-refractivity contribution in [2.75, 3.05) is 7.11 Å². The standard InChI is InChI=1S/C12H8BrFO3/c1-16-10-3-2-7(6-9(10)14)11(15)8-4-5-17-12(8)13/h2-6H,1H3. The zero-order chi connectivity index (χ0) is 12.4. The smallest absolute Gasteiger partial charge is 0.197 e. The molecular weight excluding hydrogens is 291 g/mol. The van der Waals surface area contributed by atoms with Gasteiger partial charge in [0.1, 0.15) is 0 Å². The molecule has 1 heterocycles. The predicted molar refractivity (Wildman–Crippen MR) is 62.8 cm³/mol. The molecule has 0 aliphatic rings. The molecule has 0 bridgehead atoms. The van der Waals surface area contributed by atoms with Gasteiger partial charge in [0, 0.05) is 5.56 Å². The second-order valence-corrected chi connectivity index (χ2v) is 4.01. The first-order valence-corrected chi connectivity index (χ1v) is 5.54. The lowest BCUT2D eigenvalue weighted by atomic mass is 10.1. The number of ether oxygens (including phenoxy) is 1. The van der Waals surface area contributed by atoms with E-state index in [-0.39, 0.29) is 17.1 Å². The summed E-state index contributed by atoms with van der Waals surface area (Å²) < 4.78 is 23.5. The number of benzene rings is 1. The maximum atomic E-state index is 13.4. The molecule has 0 aliphatic heterocycles. The van der Waals surface area contributed by atoms with Gasteiger partial charge in [-0.15, -0.1) is 0 Å². The third-order valence-electron chi connectivity index (χ3n) is 2.28. The van der Waals surface area contributed by atoms with Crippen LogP contribution in [0.3, 0.4) is 0 Å². The largest absolute Gasteiger partial charge is 0.494 e. The Bertz CT molecular complexity index is 563. The number of halogens is 2. The molecule has 3 nitrogen and oxygen atoms in total. The minimum atomic E-state index is -0.571. The Balaban J connectivity index is 2.39. The average molecular weight is 299 g/mol. The topological polar surface area (TPSA) is 39.4 Å². The fraction of sp³-hybridized carbons (Fsp3) is 0.0833. The number of ketones is 1. The Morgan fingerprint density at radius 1 is 1.41 bits per heavy atom. The van der Waals surface area contributed by atoms with Crippen LogP contribution < -0.4 is 4.74 Å². The molecule has 17 heavy (non-hydrogen) atoms. The molecule has 2 rings (SSSR count). The summed E-state index contributed by atoms with van der Waals surface area (Å²) in [7, 11) is 1.37. The van der Waals surface area contributed by atoms with Crippen LogP contribution in [0.25, 0.3) is 0 Å². The van der Waals surface area contributed by atoms with Crippen molar-refractivity contribution in [2.24, 2.45) is 0 Å². The maximum absolute atomic E-state index is 13.4. The first-order chi connectivity index (χ1) is 8.13. The molecule has 0 aliphatic carbocycles. The zero-order valence-corrected chi connectivity index (χ0v) is 10.5. The van der Waals surface area contributed by atoms with Crippen LogP contribution in [0.4, 0.5) is 4.39 Å². The minimum Gasteiger partial charge on any atom is -0.494 e. The summed E-state index contributed by atoms with van der Waals surface area (Å²) in [5.41, 5.74) is 0.597. The molecular formula is C12H8BrFO3. The van der Waals surface area contributed by atoms with E-state index in [1.165, 1.54) is 31.6 Å². The summed E-state index contributed by atoms with van der Waals surface area (Å²) in [6.45, 7) is 0. The lowest BCUT2D eigenvalue weighted by Gasteiger charge is -2.03. The van der Waals surface area contributed by atoms with Gasteiger partial charge in [0.05, 0.1) is 18.9 Å². The van der Waals surface area contributed by atoms with Gasteiger partial charge >= 0.3 is 0 Å². The molecule has 0 N–H and O–H groups in total. The van der Waals surface area contributed by atoms with E-state index in [1.807, 2.05) is 0 Å². The number of methoxy groups -OCH3 is 1. The number of rotatable bonds is 3. The van der Waals surface area contributed by atoms with E-state index >= 15 is 0 Å². The van der Waals surface area contributed by atoms with E-state index in [1.54, 1.807) is 0 Å². The van der Waals surface area contributed by atoms with Gasteiger partial charge in [-0.1, -0.05) is 0 Å². The van der Waals surface area contributed by atoms with E-state index in [0.717, 1.165) is 6.07 Å². The van der Waals surface area contributed by atoms with Gasteiger partial charge in [-0.3, -0.25) is 4.79 Å². The second kappa shape index (κ2) is 4.71. The van der Waals surface area contributed by atoms with Gasteiger partial charge in [-0.25, -0.2) is 4.39 Å². The molecule has 0 fully saturated rings. The van der Waals surface area contributed by atoms with Crippen molar-refractivity contribution in [1.82, 2.24) is 0 Å². The molecule has 1 aromatic carbocycles. The third-order valence-corrected chi connectivity index (χ3v) is 2.89. The average Bonchev–Trinajstić information content (AvgIpc) is 2.74. The van der Waals surface area contributed by atoms with E-state index in [2.05, 4.69) is 15.9 Å². The third kappa shape index (κ3) is 2.24. The fourth-order valence-electron chi connectivity index (χ4n) is 1.42.